The Balaban J connectivity index is 1.83. The van der Waals surface area contributed by atoms with Crippen molar-refractivity contribution in [3.05, 3.63) is 23.8 Å². The van der Waals surface area contributed by atoms with Gasteiger partial charge in [0, 0.05) is 18.3 Å². The second kappa shape index (κ2) is 5.64. The molecule has 100 valence electrons. The van der Waals surface area contributed by atoms with Gasteiger partial charge in [-0.2, -0.15) is 0 Å². The third kappa shape index (κ3) is 3.94. The summed E-state index contributed by atoms with van der Waals surface area (Å²) in [6.45, 7) is 8.72. The van der Waals surface area contributed by atoms with E-state index < -0.39 is 0 Å². The highest BCUT2D eigenvalue weighted by Crippen LogP contribution is 2.27. The van der Waals surface area contributed by atoms with Crippen LogP contribution in [0.2, 0.25) is 0 Å². The quantitative estimate of drug-likeness (QED) is 0.803. The van der Waals surface area contributed by atoms with Crippen LogP contribution >= 0.6 is 0 Å². The average molecular weight is 247 g/mol. The Kier molecular flexibility index (Phi) is 4.15. The highest BCUT2D eigenvalue weighted by atomic mass is 16.5. The van der Waals surface area contributed by atoms with E-state index >= 15 is 0 Å². The minimum atomic E-state index is 0.404. The van der Waals surface area contributed by atoms with E-state index in [9.17, 15) is 0 Å². The molecule has 2 rings (SSSR count). The van der Waals surface area contributed by atoms with E-state index in [1.807, 2.05) is 0 Å². The molecule has 0 bridgehead atoms. The van der Waals surface area contributed by atoms with Crippen molar-refractivity contribution >= 4 is 5.69 Å². The second-order valence-corrected chi connectivity index (χ2v) is 6.36. The first-order valence-corrected chi connectivity index (χ1v) is 7.04. The van der Waals surface area contributed by atoms with Gasteiger partial charge < -0.3 is 10.1 Å². The first-order valence-electron chi connectivity index (χ1n) is 7.04. The van der Waals surface area contributed by atoms with Crippen LogP contribution in [0.25, 0.3) is 0 Å². The summed E-state index contributed by atoms with van der Waals surface area (Å²) in [5.41, 5.74) is 3.08. The van der Waals surface area contributed by atoms with Crippen LogP contribution in [0.15, 0.2) is 18.2 Å². The summed E-state index contributed by atoms with van der Waals surface area (Å²) in [5.74, 6) is 0.997. The molecule has 0 saturated carbocycles. The van der Waals surface area contributed by atoms with Gasteiger partial charge in [-0.15, -0.1) is 0 Å². The number of fused-ring (bicyclic) bond motifs is 1. The predicted molar refractivity (Wildman–Crippen MR) is 77.4 cm³/mol. The zero-order valence-corrected chi connectivity index (χ0v) is 11.9. The fraction of sp³-hybridized carbons (Fsp3) is 0.625. The molecule has 1 aromatic carbocycles. The van der Waals surface area contributed by atoms with Crippen LogP contribution in [0.5, 0.6) is 5.75 Å². The average Bonchev–Trinajstić information content (AvgIpc) is 2.33. The monoisotopic (exact) mass is 247 g/mol. The van der Waals surface area contributed by atoms with Crippen LogP contribution in [0, 0.1) is 5.41 Å². The molecule has 2 heteroatoms. The summed E-state index contributed by atoms with van der Waals surface area (Å²) in [7, 11) is 0. The Labute approximate surface area is 111 Å². The Morgan fingerprint density at radius 1 is 1.28 bits per heavy atom. The normalized spacial score (nSPS) is 14.8. The Morgan fingerprint density at radius 2 is 2.11 bits per heavy atom. The molecule has 0 unspecified atom stereocenters. The zero-order valence-electron chi connectivity index (χ0n) is 11.9. The molecule has 1 heterocycles. The Bertz CT molecular complexity index is 393. The van der Waals surface area contributed by atoms with E-state index in [0.29, 0.717) is 5.41 Å². The smallest absolute Gasteiger partial charge is 0.121 e. The molecule has 0 atom stereocenters. The fourth-order valence-corrected chi connectivity index (χ4v) is 2.32. The van der Waals surface area contributed by atoms with Crippen molar-refractivity contribution in [2.75, 3.05) is 18.5 Å². The van der Waals surface area contributed by atoms with Crippen LogP contribution in [0.4, 0.5) is 5.69 Å². The lowest BCUT2D eigenvalue weighted by atomic mass is 9.91. The Morgan fingerprint density at radius 3 is 2.89 bits per heavy atom. The summed E-state index contributed by atoms with van der Waals surface area (Å²) in [4.78, 5) is 0. The topological polar surface area (TPSA) is 21.3 Å². The van der Waals surface area contributed by atoms with E-state index in [-0.39, 0.29) is 0 Å². The largest absolute Gasteiger partial charge is 0.494 e. The summed E-state index contributed by atoms with van der Waals surface area (Å²) < 4.78 is 5.83. The fourth-order valence-electron chi connectivity index (χ4n) is 2.32. The van der Waals surface area contributed by atoms with Crippen LogP contribution in [0.1, 0.15) is 45.6 Å². The molecule has 1 aliphatic rings. The maximum absolute atomic E-state index is 5.83. The predicted octanol–water partition coefficient (Wildman–Crippen LogP) is 4.25. The SMILES string of the molecule is CC(C)(C)CCCOc1ccc2c(c1)NCCC2. The molecule has 0 aliphatic carbocycles. The van der Waals surface area contributed by atoms with Crippen molar-refractivity contribution in [3.8, 4) is 5.75 Å². The third-order valence-corrected chi connectivity index (χ3v) is 3.36. The number of nitrogens with one attached hydrogen (secondary N) is 1. The van der Waals surface area contributed by atoms with E-state index in [1.165, 1.54) is 30.5 Å². The van der Waals surface area contributed by atoms with Gasteiger partial charge in [-0.25, -0.2) is 0 Å². The number of ether oxygens (including phenoxy) is 1. The van der Waals surface area contributed by atoms with Gasteiger partial charge in [0.2, 0.25) is 0 Å². The number of benzene rings is 1. The molecule has 0 spiro atoms. The molecule has 18 heavy (non-hydrogen) atoms. The van der Waals surface area contributed by atoms with Gasteiger partial charge in [0.05, 0.1) is 6.61 Å². The number of hydrogen-bond acceptors (Lipinski definition) is 2. The Hall–Kier alpha value is -1.18. The van der Waals surface area contributed by atoms with Crippen LogP contribution in [-0.4, -0.2) is 13.2 Å². The second-order valence-electron chi connectivity index (χ2n) is 6.36. The highest BCUT2D eigenvalue weighted by Gasteiger charge is 2.11. The molecule has 0 saturated heterocycles. The molecule has 1 aliphatic heterocycles. The van der Waals surface area contributed by atoms with Crippen LogP contribution < -0.4 is 10.1 Å². The van der Waals surface area contributed by atoms with E-state index in [1.54, 1.807) is 0 Å². The maximum Gasteiger partial charge on any atom is 0.121 e. The van der Waals surface area contributed by atoms with Gasteiger partial charge in [0.1, 0.15) is 5.75 Å². The molecule has 2 nitrogen and oxygen atoms in total. The van der Waals surface area contributed by atoms with Crippen LogP contribution in [-0.2, 0) is 6.42 Å². The molecule has 0 amide bonds. The van der Waals surface area contributed by atoms with Crippen molar-refractivity contribution in [1.29, 1.82) is 0 Å². The van der Waals surface area contributed by atoms with Crippen molar-refractivity contribution in [3.63, 3.8) is 0 Å². The lowest BCUT2D eigenvalue weighted by Gasteiger charge is -2.20. The highest BCUT2D eigenvalue weighted by molar-refractivity contribution is 5.56. The third-order valence-electron chi connectivity index (χ3n) is 3.36. The maximum atomic E-state index is 5.83. The lowest BCUT2D eigenvalue weighted by Crippen LogP contribution is -2.12. The van der Waals surface area contributed by atoms with Gasteiger partial charge in [0.15, 0.2) is 0 Å². The van der Waals surface area contributed by atoms with Gasteiger partial charge in [-0.1, -0.05) is 26.8 Å². The minimum absolute atomic E-state index is 0.404. The minimum Gasteiger partial charge on any atom is -0.494 e. The molecular formula is C16H25NO. The van der Waals surface area contributed by atoms with Crippen molar-refractivity contribution in [1.82, 2.24) is 0 Å². The summed E-state index contributed by atoms with van der Waals surface area (Å²) in [6, 6.07) is 6.44. The van der Waals surface area contributed by atoms with E-state index in [2.05, 4.69) is 44.3 Å². The van der Waals surface area contributed by atoms with Crippen molar-refractivity contribution < 1.29 is 4.74 Å². The van der Waals surface area contributed by atoms with Crippen LogP contribution in [0.3, 0.4) is 0 Å². The molecule has 0 fully saturated rings. The summed E-state index contributed by atoms with van der Waals surface area (Å²) >= 11 is 0. The molecule has 1 N–H and O–H groups in total. The molecular weight excluding hydrogens is 222 g/mol. The number of aryl methyl sites for hydroxylation is 1. The van der Waals surface area contributed by atoms with Gasteiger partial charge in [-0.3, -0.25) is 0 Å². The first-order chi connectivity index (χ1) is 8.54. The number of hydrogen-bond donors (Lipinski definition) is 1. The van der Waals surface area contributed by atoms with Crippen molar-refractivity contribution in [2.45, 2.75) is 46.5 Å². The zero-order chi connectivity index (χ0) is 13.0. The molecule has 1 aromatic rings. The van der Waals surface area contributed by atoms with E-state index in [4.69, 9.17) is 4.74 Å². The summed E-state index contributed by atoms with van der Waals surface area (Å²) in [6.07, 6.45) is 4.75. The van der Waals surface area contributed by atoms with Gasteiger partial charge >= 0.3 is 0 Å². The lowest BCUT2D eigenvalue weighted by molar-refractivity contribution is 0.269. The standard InChI is InChI=1S/C16H25NO/c1-16(2,3)9-5-11-18-14-8-7-13-6-4-10-17-15(13)12-14/h7-8,12,17H,4-6,9-11H2,1-3H3. The number of anilines is 1. The van der Waals surface area contributed by atoms with E-state index in [0.717, 1.165) is 25.3 Å². The molecule has 0 radical (unpaired) electrons. The summed E-state index contributed by atoms with van der Waals surface area (Å²) in [5, 5.41) is 3.44. The first kappa shape index (κ1) is 13.3. The van der Waals surface area contributed by atoms with Gasteiger partial charge in [0.25, 0.3) is 0 Å². The number of rotatable bonds is 4. The molecule has 0 aromatic heterocycles. The van der Waals surface area contributed by atoms with Gasteiger partial charge in [-0.05, 0) is 42.7 Å². The van der Waals surface area contributed by atoms with Crippen molar-refractivity contribution in [2.24, 2.45) is 5.41 Å².